The third kappa shape index (κ3) is 2.10. The molecule has 2 amide bonds. The molecule has 1 N–H and O–H groups in total. The molecule has 1 aliphatic heterocycles. The van der Waals surface area contributed by atoms with Gasteiger partial charge in [0.1, 0.15) is 12.1 Å². The Labute approximate surface area is 107 Å². The molecular formula is C14H18N2O2. The van der Waals surface area contributed by atoms with Crippen molar-refractivity contribution in [3.05, 3.63) is 35.9 Å². The molecule has 1 heterocycles. The number of carbonyl (C=O) groups is 2. The molecule has 1 aromatic rings. The van der Waals surface area contributed by atoms with Crippen molar-refractivity contribution in [2.45, 2.75) is 38.9 Å². The van der Waals surface area contributed by atoms with Crippen LogP contribution in [-0.4, -0.2) is 28.8 Å². The van der Waals surface area contributed by atoms with Crippen LogP contribution in [0.1, 0.15) is 32.4 Å². The van der Waals surface area contributed by atoms with E-state index in [1.165, 1.54) is 0 Å². The number of nitrogens with zero attached hydrogens (tertiary/aromatic N) is 1. The predicted octanol–water partition coefficient (Wildman–Crippen LogP) is 1.48. The summed E-state index contributed by atoms with van der Waals surface area (Å²) in [5, 5.41) is 2.68. The Morgan fingerprint density at radius 3 is 2.39 bits per heavy atom. The number of rotatable bonds is 2. The van der Waals surface area contributed by atoms with Gasteiger partial charge in [0.25, 0.3) is 0 Å². The van der Waals surface area contributed by atoms with Crippen LogP contribution in [0.4, 0.5) is 0 Å². The Kier molecular flexibility index (Phi) is 3.36. The van der Waals surface area contributed by atoms with Crippen molar-refractivity contribution < 1.29 is 9.59 Å². The topological polar surface area (TPSA) is 49.4 Å². The highest BCUT2D eigenvalue weighted by Crippen LogP contribution is 2.25. The zero-order chi connectivity index (χ0) is 13.3. The molecular weight excluding hydrogens is 228 g/mol. The maximum absolute atomic E-state index is 12.2. The molecule has 0 radical (unpaired) electrons. The minimum atomic E-state index is -0.445. The molecule has 2 rings (SSSR count). The van der Waals surface area contributed by atoms with Gasteiger partial charge in [-0.1, -0.05) is 30.3 Å². The summed E-state index contributed by atoms with van der Waals surface area (Å²) in [5.41, 5.74) is 1.04. The van der Waals surface area contributed by atoms with E-state index < -0.39 is 12.1 Å². The third-order valence-electron chi connectivity index (χ3n) is 3.48. The van der Waals surface area contributed by atoms with Crippen LogP contribution in [0.5, 0.6) is 0 Å². The van der Waals surface area contributed by atoms with Crippen molar-refractivity contribution in [3.8, 4) is 0 Å². The fraction of sp³-hybridized carbons (Fsp3) is 0.429. The van der Waals surface area contributed by atoms with Gasteiger partial charge >= 0.3 is 0 Å². The van der Waals surface area contributed by atoms with Crippen LogP contribution < -0.4 is 5.32 Å². The van der Waals surface area contributed by atoms with E-state index in [-0.39, 0.29) is 17.9 Å². The number of piperazine rings is 1. The highest BCUT2D eigenvalue weighted by Gasteiger charge is 2.38. The van der Waals surface area contributed by atoms with E-state index in [2.05, 4.69) is 5.32 Å². The summed E-state index contributed by atoms with van der Waals surface area (Å²) in [6.45, 7) is 5.43. The average Bonchev–Trinajstić information content (AvgIpc) is 2.37. The molecule has 4 nitrogen and oxygen atoms in total. The number of hydrogen-bond acceptors (Lipinski definition) is 2. The van der Waals surface area contributed by atoms with E-state index in [0.717, 1.165) is 5.56 Å². The van der Waals surface area contributed by atoms with Crippen molar-refractivity contribution in [2.75, 3.05) is 0 Å². The molecule has 4 heteroatoms. The lowest BCUT2D eigenvalue weighted by molar-refractivity contribution is -0.150. The summed E-state index contributed by atoms with van der Waals surface area (Å²) in [6, 6.07) is 8.80. The Morgan fingerprint density at radius 1 is 1.17 bits per heavy atom. The van der Waals surface area contributed by atoms with Crippen molar-refractivity contribution in [1.29, 1.82) is 0 Å². The van der Waals surface area contributed by atoms with Gasteiger partial charge in [-0.2, -0.15) is 0 Å². The van der Waals surface area contributed by atoms with Crippen LogP contribution in [0, 0.1) is 0 Å². The number of amides is 2. The van der Waals surface area contributed by atoms with Crippen LogP contribution in [0.15, 0.2) is 30.3 Å². The smallest absolute Gasteiger partial charge is 0.246 e. The third-order valence-corrected chi connectivity index (χ3v) is 3.48. The first-order valence-corrected chi connectivity index (χ1v) is 6.20. The molecule has 0 aliphatic carbocycles. The zero-order valence-electron chi connectivity index (χ0n) is 10.9. The van der Waals surface area contributed by atoms with Gasteiger partial charge in [-0.25, -0.2) is 0 Å². The van der Waals surface area contributed by atoms with E-state index in [4.69, 9.17) is 0 Å². The van der Waals surface area contributed by atoms with Crippen molar-refractivity contribution >= 4 is 11.8 Å². The van der Waals surface area contributed by atoms with Gasteiger partial charge in [0.15, 0.2) is 0 Å². The summed E-state index contributed by atoms with van der Waals surface area (Å²) < 4.78 is 0. The molecule has 18 heavy (non-hydrogen) atoms. The van der Waals surface area contributed by atoms with Crippen LogP contribution in [0.25, 0.3) is 0 Å². The molecule has 1 aliphatic rings. The van der Waals surface area contributed by atoms with E-state index in [1.807, 2.05) is 37.3 Å². The molecule has 3 atom stereocenters. The first-order valence-electron chi connectivity index (χ1n) is 6.20. The Hall–Kier alpha value is -1.84. The SMILES string of the molecule is CC1NC(=O)C(C)N(C(C)c2ccccc2)C1=O. The summed E-state index contributed by atoms with van der Waals surface area (Å²) >= 11 is 0. The van der Waals surface area contributed by atoms with Crippen molar-refractivity contribution in [2.24, 2.45) is 0 Å². The summed E-state index contributed by atoms with van der Waals surface area (Å²) in [4.78, 5) is 25.7. The average molecular weight is 246 g/mol. The zero-order valence-corrected chi connectivity index (χ0v) is 10.9. The summed E-state index contributed by atoms with van der Waals surface area (Å²) in [7, 11) is 0. The monoisotopic (exact) mass is 246 g/mol. The molecule has 96 valence electrons. The lowest BCUT2D eigenvalue weighted by atomic mass is 10.0. The maximum atomic E-state index is 12.2. The molecule has 1 aromatic carbocycles. The van der Waals surface area contributed by atoms with Crippen molar-refractivity contribution in [1.82, 2.24) is 10.2 Å². The van der Waals surface area contributed by atoms with E-state index in [9.17, 15) is 9.59 Å². The number of hydrogen-bond donors (Lipinski definition) is 1. The van der Waals surface area contributed by atoms with Gasteiger partial charge in [-0.05, 0) is 26.3 Å². The minimum Gasteiger partial charge on any atom is -0.343 e. The highest BCUT2D eigenvalue weighted by atomic mass is 16.2. The first-order chi connectivity index (χ1) is 8.52. The van der Waals surface area contributed by atoms with Crippen LogP contribution in [0.3, 0.4) is 0 Å². The quantitative estimate of drug-likeness (QED) is 0.859. The number of nitrogens with one attached hydrogen (secondary N) is 1. The normalized spacial score (nSPS) is 25.8. The maximum Gasteiger partial charge on any atom is 0.246 e. The molecule has 0 bridgehead atoms. The second-order valence-corrected chi connectivity index (χ2v) is 4.74. The summed E-state index contributed by atoms with van der Waals surface area (Å²) in [5.74, 6) is -0.122. The van der Waals surface area contributed by atoms with Gasteiger partial charge in [0.05, 0.1) is 6.04 Å². The number of carbonyl (C=O) groups excluding carboxylic acids is 2. The van der Waals surface area contributed by atoms with E-state index >= 15 is 0 Å². The fourth-order valence-corrected chi connectivity index (χ4v) is 2.35. The van der Waals surface area contributed by atoms with Crippen molar-refractivity contribution in [3.63, 3.8) is 0 Å². The molecule has 0 saturated carbocycles. The summed E-state index contributed by atoms with van der Waals surface area (Å²) in [6.07, 6.45) is 0. The largest absolute Gasteiger partial charge is 0.343 e. The highest BCUT2D eigenvalue weighted by molar-refractivity contribution is 5.96. The fourth-order valence-electron chi connectivity index (χ4n) is 2.35. The molecule has 1 fully saturated rings. The second-order valence-electron chi connectivity index (χ2n) is 4.74. The lowest BCUT2D eigenvalue weighted by Crippen LogP contribution is -2.61. The van der Waals surface area contributed by atoms with Gasteiger partial charge in [0, 0.05) is 0 Å². The predicted molar refractivity (Wildman–Crippen MR) is 68.8 cm³/mol. The number of benzene rings is 1. The minimum absolute atomic E-state index is 0.0292. The molecule has 0 spiro atoms. The van der Waals surface area contributed by atoms with Gasteiger partial charge in [-0.3, -0.25) is 9.59 Å². The van der Waals surface area contributed by atoms with Crippen LogP contribution in [-0.2, 0) is 9.59 Å². The second kappa shape index (κ2) is 4.80. The Morgan fingerprint density at radius 2 is 1.78 bits per heavy atom. The lowest BCUT2D eigenvalue weighted by Gasteiger charge is -2.40. The first kappa shape index (κ1) is 12.6. The van der Waals surface area contributed by atoms with Gasteiger partial charge in [0.2, 0.25) is 11.8 Å². The van der Waals surface area contributed by atoms with Gasteiger partial charge < -0.3 is 10.2 Å². The van der Waals surface area contributed by atoms with E-state index in [1.54, 1.807) is 18.7 Å². The van der Waals surface area contributed by atoms with Crippen LogP contribution in [0.2, 0.25) is 0 Å². The van der Waals surface area contributed by atoms with Gasteiger partial charge in [-0.15, -0.1) is 0 Å². The molecule has 1 saturated heterocycles. The Balaban J connectivity index is 2.30. The standard InChI is InChI=1S/C14H18N2O2/c1-9-14(18)16(11(3)13(17)15-9)10(2)12-7-5-4-6-8-12/h4-11H,1-3H3,(H,15,17). The molecule has 0 aromatic heterocycles. The van der Waals surface area contributed by atoms with E-state index in [0.29, 0.717) is 0 Å². The van der Waals surface area contributed by atoms with Crippen LogP contribution >= 0.6 is 0 Å². The Bertz CT molecular complexity index is 458. The molecule has 3 unspecified atom stereocenters.